The van der Waals surface area contributed by atoms with Gasteiger partial charge in [0.05, 0.1) is 37.9 Å². The van der Waals surface area contributed by atoms with E-state index < -0.39 is 28.6 Å². The van der Waals surface area contributed by atoms with Crippen LogP contribution < -0.4 is 11.1 Å². The average molecular weight is 710 g/mol. The van der Waals surface area contributed by atoms with Gasteiger partial charge in [0, 0.05) is 11.0 Å². The first kappa shape index (κ1) is 38.4. The Labute approximate surface area is 306 Å². The van der Waals surface area contributed by atoms with Gasteiger partial charge in [-0.3, -0.25) is 9.59 Å². The fourth-order valence-electron chi connectivity index (χ4n) is 12.8. The zero-order chi connectivity index (χ0) is 37.5. The second-order valence-corrected chi connectivity index (χ2v) is 19.4. The zero-order valence-corrected chi connectivity index (χ0v) is 33.3. The molecule has 2 bridgehead atoms. The summed E-state index contributed by atoms with van der Waals surface area (Å²) in [5.41, 5.74) is 5.38. The van der Waals surface area contributed by atoms with Crippen molar-refractivity contribution in [1.29, 1.82) is 0 Å². The number of fused-ring (bicyclic) bond motifs is 3. The molecule has 0 spiro atoms. The molecule has 4 N–H and O–H groups in total. The summed E-state index contributed by atoms with van der Waals surface area (Å²) in [6.07, 6.45) is 8.88. The molecule has 286 valence electrons. The minimum atomic E-state index is -0.656. The highest BCUT2D eigenvalue weighted by molar-refractivity contribution is 5.89. The van der Waals surface area contributed by atoms with E-state index in [2.05, 4.69) is 97.6 Å². The van der Waals surface area contributed by atoms with Gasteiger partial charge in [0.2, 0.25) is 5.82 Å². The highest BCUT2D eigenvalue weighted by Gasteiger charge is 2.73. The Morgan fingerprint density at radius 2 is 1.82 bits per heavy atom. The van der Waals surface area contributed by atoms with E-state index in [-0.39, 0.29) is 51.6 Å². The number of nitrogens with one attached hydrogen (secondary N) is 1. The number of carbonyl (C=O) groups excluding carboxylic acids is 1. The van der Waals surface area contributed by atoms with Gasteiger partial charge in [-0.15, -0.1) is 0 Å². The maximum absolute atomic E-state index is 13.6. The molecule has 5 aliphatic rings. The number of amides is 1. The van der Waals surface area contributed by atoms with E-state index in [1.807, 2.05) is 0 Å². The molecule has 12 atom stereocenters. The minimum absolute atomic E-state index is 0.156. The lowest BCUT2D eigenvalue weighted by molar-refractivity contribution is -0.255. The molecule has 2 heterocycles. The standard InChI is InChI=1S/C41H67N5O5/c1-12-44-40(11,25(4)5)21-51-32-29(46-34(33(42)47)43-23-45-46)19-36(7)20-50-22-41(32)28-15-16-39(10)31(35(48)49)37(8,26(6)24(2)3)17-18-38(39,9)27(28)13-14-30(36)41/h15,23-27,29-32,44H,12-14,16-22H2,1-11H3,(H2,42,47)(H,48,49)/t26-,27?,29-,30-,31-,32+,36-,37-,38?,39+,40+,41+/m1/s1. The number of rotatable bonds is 11. The van der Waals surface area contributed by atoms with Crippen molar-refractivity contribution in [2.45, 2.75) is 132 Å². The van der Waals surface area contributed by atoms with Crippen LogP contribution in [0.3, 0.4) is 0 Å². The molecule has 1 aromatic heterocycles. The van der Waals surface area contributed by atoms with Gasteiger partial charge in [-0.1, -0.05) is 80.9 Å². The second-order valence-electron chi connectivity index (χ2n) is 19.4. The van der Waals surface area contributed by atoms with Crippen LogP contribution in [0.25, 0.3) is 0 Å². The molecule has 3 saturated carbocycles. The lowest BCUT2D eigenvalue weighted by Crippen LogP contribution is -2.70. The number of ether oxygens (including phenoxy) is 2. The molecule has 4 aliphatic carbocycles. The quantitative estimate of drug-likeness (QED) is 0.211. The smallest absolute Gasteiger partial charge is 0.307 e. The number of hydrogen-bond acceptors (Lipinski definition) is 7. The number of primary amides is 1. The summed E-state index contributed by atoms with van der Waals surface area (Å²) in [6, 6.07) is -0.285. The van der Waals surface area contributed by atoms with Crippen LogP contribution in [-0.2, 0) is 14.3 Å². The van der Waals surface area contributed by atoms with Crippen molar-refractivity contribution in [3.8, 4) is 0 Å². The SMILES string of the molecule is CCN[C@@](C)(CO[C@H]1[C@H](n2ncnc2C(N)=O)C[C@]2(C)COC[C@@]13C1=CC[C@@]4(C)[C@H](C(=O)O)[C@@](C)([C@H](C)C(C)C)CCC4(C)C1CC[C@H]23)C(C)C. The molecule has 10 nitrogen and oxygen atoms in total. The average Bonchev–Trinajstić information content (AvgIpc) is 3.54. The van der Waals surface area contributed by atoms with E-state index >= 15 is 0 Å². The van der Waals surface area contributed by atoms with Gasteiger partial charge in [-0.25, -0.2) is 9.67 Å². The van der Waals surface area contributed by atoms with Crippen LogP contribution in [0.2, 0.25) is 0 Å². The first-order valence-electron chi connectivity index (χ1n) is 19.8. The zero-order valence-electron chi connectivity index (χ0n) is 33.3. The molecule has 4 fully saturated rings. The third kappa shape index (κ3) is 5.41. The van der Waals surface area contributed by atoms with E-state index in [0.717, 1.165) is 38.6 Å². The minimum Gasteiger partial charge on any atom is -0.481 e. The third-order valence-corrected chi connectivity index (χ3v) is 16.5. The van der Waals surface area contributed by atoms with Crippen LogP contribution in [0.15, 0.2) is 18.0 Å². The summed E-state index contributed by atoms with van der Waals surface area (Å²) in [6.45, 7) is 27.3. The number of hydrogen-bond donors (Lipinski definition) is 3. The van der Waals surface area contributed by atoms with Crippen molar-refractivity contribution in [3.63, 3.8) is 0 Å². The fraction of sp³-hybridized carbons (Fsp3) is 0.854. The summed E-state index contributed by atoms with van der Waals surface area (Å²) < 4.78 is 15.9. The number of carboxylic acids is 1. The first-order chi connectivity index (χ1) is 23.8. The maximum Gasteiger partial charge on any atom is 0.307 e. The van der Waals surface area contributed by atoms with E-state index in [1.165, 1.54) is 11.9 Å². The molecule has 10 heteroatoms. The Morgan fingerprint density at radius 1 is 1.12 bits per heavy atom. The predicted molar refractivity (Wildman–Crippen MR) is 198 cm³/mol. The lowest BCUT2D eigenvalue weighted by atomic mass is 9.34. The van der Waals surface area contributed by atoms with Gasteiger partial charge in [-0.2, -0.15) is 5.10 Å². The van der Waals surface area contributed by atoms with Crippen LogP contribution in [0, 0.1) is 62.6 Å². The van der Waals surface area contributed by atoms with Crippen LogP contribution >= 0.6 is 0 Å². The van der Waals surface area contributed by atoms with Crippen molar-refractivity contribution in [3.05, 3.63) is 23.8 Å². The number of carbonyl (C=O) groups is 2. The molecule has 1 saturated heterocycles. The number of allylic oxidation sites excluding steroid dienone is 1. The Balaban J connectivity index is 1.54. The molecule has 51 heavy (non-hydrogen) atoms. The normalized spacial score (nSPS) is 42.3. The van der Waals surface area contributed by atoms with E-state index in [0.29, 0.717) is 44.0 Å². The molecule has 1 aliphatic heterocycles. The molecule has 6 rings (SSSR count). The molecule has 0 radical (unpaired) electrons. The number of nitrogens with two attached hydrogens (primary N) is 1. The van der Waals surface area contributed by atoms with E-state index in [1.54, 1.807) is 4.68 Å². The van der Waals surface area contributed by atoms with Crippen molar-refractivity contribution >= 4 is 11.9 Å². The summed E-state index contributed by atoms with van der Waals surface area (Å²) in [7, 11) is 0. The van der Waals surface area contributed by atoms with Crippen molar-refractivity contribution < 1.29 is 24.2 Å². The molecule has 0 aromatic carbocycles. The van der Waals surface area contributed by atoms with E-state index in [4.69, 9.17) is 15.2 Å². The van der Waals surface area contributed by atoms with Gasteiger partial charge in [-0.05, 0) is 103 Å². The van der Waals surface area contributed by atoms with Crippen molar-refractivity contribution in [2.75, 3.05) is 26.4 Å². The summed E-state index contributed by atoms with van der Waals surface area (Å²) >= 11 is 0. The highest BCUT2D eigenvalue weighted by Crippen LogP contribution is 2.75. The fourth-order valence-corrected chi connectivity index (χ4v) is 12.8. The Kier molecular flexibility index (Phi) is 9.74. The summed E-state index contributed by atoms with van der Waals surface area (Å²) in [5, 5.41) is 19.5. The summed E-state index contributed by atoms with van der Waals surface area (Å²) in [5.74, 6) is -0.111. The second kappa shape index (κ2) is 12.9. The molecular weight excluding hydrogens is 642 g/mol. The van der Waals surface area contributed by atoms with Crippen LogP contribution in [0.4, 0.5) is 0 Å². The number of carboxylic acid groups (broad SMARTS) is 1. The van der Waals surface area contributed by atoms with Crippen LogP contribution in [0.1, 0.15) is 131 Å². The molecular formula is C41H67N5O5. The molecule has 2 unspecified atom stereocenters. The predicted octanol–water partition coefficient (Wildman–Crippen LogP) is 6.92. The molecule has 1 aromatic rings. The lowest BCUT2D eigenvalue weighted by Gasteiger charge is -2.71. The van der Waals surface area contributed by atoms with Gasteiger partial charge in [0.25, 0.3) is 5.91 Å². The third-order valence-electron chi connectivity index (χ3n) is 16.5. The Hall–Kier alpha value is -2.30. The van der Waals surface area contributed by atoms with Gasteiger partial charge >= 0.3 is 5.97 Å². The largest absolute Gasteiger partial charge is 0.481 e. The number of aliphatic carboxylic acids is 1. The van der Waals surface area contributed by atoms with Gasteiger partial charge in [0.15, 0.2) is 0 Å². The number of likely N-dealkylation sites (N-methyl/N-ethyl adjacent to an activating group) is 1. The number of aromatic nitrogens is 3. The monoisotopic (exact) mass is 710 g/mol. The summed E-state index contributed by atoms with van der Waals surface area (Å²) in [4.78, 5) is 30.7. The Morgan fingerprint density at radius 3 is 2.43 bits per heavy atom. The van der Waals surface area contributed by atoms with E-state index in [9.17, 15) is 14.7 Å². The maximum atomic E-state index is 13.6. The van der Waals surface area contributed by atoms with Crippen LogP contribution in [-0.4, -0.2) is 69.8 Å². The van der Waals surface area contributed by atoms with Gasteiger partial charge < -0.3 is 25.6 Å². The first-order valence-corrected chi connectivity index (χ1v) is 19.8. The van der Waals surface area contributed by atoms with Crippen molar-refractivity contribution in [2.24, 2.45) is 68.3 Å². The highest BCUT2D eigenvalue weighted by atomic mass is 16.5. The topological polar surface area (TPSA) is 142 Å². The number of nitrogens with zero attached hydrogens (tertiary/aromatic N) is 3. The molecule has 1 amide bonds. The van der Waals surface area contributed by atoms with Crippen LogP contribution in [0.5, 0.6) is 0 Å². The van der Waals surface area contributed by atoms with Gasteiger partial charge in [0.1, 0.15) is 6.33 Å². The van der Waals surface area contributed by atoms with Crippen molar-refractivity contribution in [1.82, 2.24) is 20.1 Å². The Bertz CT molecular complexity index is 1540.